The van der Waals surface area contributed by atoms with Crippen LogP contribution in [-0.2, 0) is 9.59 Å². The molecule has 2 saturated heterocycles. The Morgan fingerprint density at radius 2 is 1.95 bits per heavy atom. The van der Waals surface area contributed by atoms with Crippen LogP contribution in [0.3, 0.4) is 0 Å². The van der Waals surface area contributed by atoms with Gasteiger partial charge in [0.05, 0.1) is 0 Å². The molecule has 0 aromatic carbocycles. The highest BCUT2D eigenvalue weighted by atomic mass is 35.5. The van der Waals surface area contributed by atoms with E-state index in [9.17, 15) is 22.8 Å². The summed E-state index contributed by atoms with van der Waals surface area (Å²) in [6.07, 6.45) is -4.00. The summed E-state index contributed by atoms with van der Waals surface area (Å²) < 4.78 is 37.3. The molecule has 0 radical (unpaired) electrons. The van der Waals surface area contributed by atoms with E-state index < -0.39 is 30.0 Å². The molecule has 2 rings (SSSR count). The molecule has 0 saturated carbocycles. The molecule has 2 aliphatic rings. The van der Waals surface area contributed by atoms with Gasteiger partial charge < -0.3 is 16.0 Å². The van der Waals surface area contributed by atoms with Crippen molar-refractivity contribution in [1.82, 2.24) is 16.0 Å². The summed E-state index contributed by atoms with van der Waals surface area (Å²) >= 11 is 0. The lowest BCUT2D eigenvalue weighted by Crippen LogP contribution is -2.55. The van der Waals surface area contributed by atoms with Gasteiger partial charge in [-0.25, -0.2) is 0 Å². The number of carbonyl (C=O) groups is 2. The maximum absolute atomic E-state index is 12.4. The second-order valence-electron chi connectivity index (χ2n) is 4.93. The lowest BCUT2D eigenvalue weighted by Gasteiger charge is -2.30. The maximum Gasteiger partial charge on any atom is 0.408 e. The zero-order valence-electron chi connectivity index (χ0n) is 10.6. The van der Waals surface area contributed by atoms with Crippen molar-refractivity contribution in [2.45, 2.75) is 37.5 Å². The molecule has 3 N–H and O–H groups in total. The van der Waals surface area contributed by atoms with Gasteiger partial charge in [0.25, 0.3) is 0 Å². The number of rotatable bonds is 2. The molecule has 116 valence electrons. The fourth-order valence-electron chi connectivity index (χ4n) is 2.38. The van der Waals surface area contributed by atoms with Gasteiger partial charge in [-0.15, -0.1) is 12.4 Å². The van der Waals surface area contributed by atoms with E-state index in [2.05, 4.69) is 10.6 Å². The molecule has 2 amide bonds. The van der Waals surface area contributed by atoms with E-state index in [4.69, 9.17) is 0 Å². The Balaban J connectivity index is 0.00000200. The van der Waals surface area contributed by atoms with Crippen LogP contribution in [0.15, 0.2) is 0 Å². The van der Waals surface area contributed by atoms with Crippen LogP contribution in [0, 0.1) is 5.92 Å². The van der Waals surface area contributed by atoms with E-state index in [1.165, 1.54) is 0 Å². The molecular weight excluding hydrogens is 299 g/mol. The van der Waals surface area contributed by atoms with Gasteiger partial charge in [-0.1, -0.05) is 0 Å². The Hall–Kier alpha value is -1.02. The fraction of sp³-hybridized carbons (Fsp3) is 0.818. The predicted molar refractivity (Wildman–Crippen MR) is 67.4 cm³/mol. The standard InChI is InChI=1S/C11H16F3N3O2.ClH/c12-11(13,14)8-2-1-7(10(19)17-8)9(18)16-6-3-4-15-5-6;/h6-8,15H,1-5H2,(H,16,18)(H,17,19);1H. The summed E-state index contributed by atoms with van der Waals surface area (Å²) in [5, 5.41) is 7.62. The van der Waals surface area contributed by atoms with E-state index in [0.29, 0.717) is 6.54 Å². The topological polar surface area (TPSA) is 70.2 Å². The number of halogens is 4. The van der Waals surface area contributed by atoms with Gasteiger partial charge in [-0.3, -0.25) is 9.59 Å². The number of hydrogen-bond donors (Lipinski definition) is 3. The van der Waals surface area contributed by atoms with Crippen molar-refractivity contribution in [2.75, 3.05) is 13.1 Å². The van der Waals surface area contributed by atoms with Crippen LogP contribution < -0.4 is 16.0 Å². The quantitative estimate of drug-likeness (QED) is 0.644. The molecule has 0 aromatic rings. The van der Waals surface area contributed by atoms with Gasteiger partial charge in [0.15, 0.2) is 0 Å². The van der Waals surface area contributed by atoms with Crippen molar-refractivity contribution in [1.29, 1.82) is 0 Å². The van der Waals surface area contributed by atoms with E-state index in [1.807, 2.05) is 5.32 Å². The zero-order chi connectivity index (χ0) is 14.0. The Morgan fingerprint density at radius 3 is 2.45 bits per heavy atom. The monoisotopic (exact) mass is 315 g/mol. The van der Waals surface area contributed by atoms with Gasteiger partial charge >= 0.3 is 6.18 Å². The Morgan fingerprint density at radius 1 is 1.25 bits per heavy atom. The third-order valence-corrected chi connectivity index (χ3v) is 3.50. The number of alkyl halides is 3. The van der Waals surface area contributed by atoms with Gasteiger partial charge in [-0.05, 0) is 25.8 Å². The molecule has 2 aliphatic heterocycles. The SMILES string of the molecule is Cl.O=C(NC1CCNC1)C1CCC(C(F)(F)F)NC1=O. The molecule has 9 heteroatoms. The summed E-state index contributed by atoms with van der Waals surface area (Å²) in [6, 6.07) is -1.88. The number of hydrogen-bond acceptors (Lipinski definition) is 3. The zero-order valence-corrected chi connectivity index (χ0v) is 11.4. The minimum Gasteiger partial charge on any atom is -0.351 e. The van der Waals surface area contributed by atoms with E-state index in [-0.39, 0.29) is 31.3 Å². The molecule has 0 bridgehead atoms. The van der Waals surface area contributed by atoms with Crippen molar-refractivity contribution >= 4 is 24.2 Å². The smallest absolute Gasteiger partial charge is 0.351 e. The lowest BCUT2D eigenvalue weighted by atomic mass is 9.92. The van der Waals surface area contributed by atoms with Gasteiger partial charge in [0.1, 0.15) is 12.0 Å². The van der Waals surface area contributed by atoms with E-state index in [1.54, 1.807) is 0 Å². The van der Waals surface area contributed by atoms with E-state index >= 15 is 0 Å². The molecule has 20 heavy (non-hydrogen) atoms. The predicted octanol–water partition coefficient (Wildman–Crippen LogP) is 0.343. The molecule has 0 spiro atoms. The van der Waals surface area contributed by atoms with Crippen molar-refractivity contribution in [3.8, 4) is 0 Å². The van der Waals surface area contributed by atoms with Gasteiger partial charge in [-0.2, -0.15) is 13.2 Å². The van der Waals surface area contributed by atoms with Crippen LogP contribution in [0.25, 0.3) is 0 Å². The normalized spacial score (nSPS) is 30.4. The Kier molecular flexibility index (Phi) is 5.64. The third-order valence-electron chi connectivity index (χ3n) is 3.50. The van der Waals surface area contributed by atoms with Crippen LogP contribution in [0.5, 0.6) is 0 Å². The van der Waals surface area contributed by atoms with Crippen LogP contribution in [-0.4, -0.2) is 43.2 Å². The molecule has 0 aliphatic carbocycles. The van der Waals surface area contributed by atoms with Crippen molar-refractivity contribution in [3.63, 3.8) is 0 Å². The van der Waals surface area contributed by atoms with Crippen molar-refractivity contribution in [3.05, 3.63) is 0 Å². The lowest BCUT2D eigenvalue weighted by molar-refractivity contribution is -0.171. The first-order valence-electron chi connectivity index (χ1n) is 6.26. The van der Waals surface area contributed by atoms with Crippen LogP contribution in [0.4, 0.5) is 13.2 Å². The average Bonchev–Trinajstić information content (AvgIpc) is 2.80. The first-order valence-corrected chi connectivity index (χ1v) is 6.26. The third kappa shape index (κ3) is 3.99. The van der Waals surface area contributed by atoms with Gasteiger partial charge in [0, 0.05) is 12.6 Å². The summed E-state index contributed by atoms with van der Waals surface area (Å²) in [4.78, 5) is 23.4. The summed E-state index contributed by atoms with van der Waals surface area (Å²) in [6.45, 7) is 1.42. The molecule has 0 aromatic heterocycles. The Bertz CT molecular complexity index is 372. The second kappa shape index (κ2) is 6.62. The van der Waals surface area contributed by atoms with Crippen LogP contribution >= 0.6 is 12.4 Å². The second-order valence-corrected chi connectivity index (χ2v) is 4.93. The van der Waals surface area contributed by atoms with Crippen molar-refractivity contribution < 1.29 is 22.8 Å². The first kappa shape index (κ1) is 17.0. The van der Waals surface area contributed by atoms with Gasteiger partial charge in [0.2, 0.25) is 11.8 Å². The minimum atomic E-state index is -4.45. The largest absolute Gasteiger partial charge is 0.408 e. The number of piperidine rings is 1. The molecule has 5 nitrogen and oxygen atoms in total. The van der Waals surface area contributed by atoms with E-state index in [0.717, 1.165) is 13.0 Å². The number of amides is 2. The first-order chi connectivity index (χ1) is 8.88. The number of carbonyl (C=O) groups excluding carboxylic acids is 2. The highest BCUT2D eigenvalue weighted by Gasteiger charge is 2.46. The molecule has 3 atom stereocenters. The summed E-state index contributed by atoms with van der Waals surface area (Å²) in [5.41, 5.74) is 0. The minimum absolute atomic E-state index is 0. The molecular formula is C11H17ClF3N3O2. The number of nitrogens with one attached hydrogen (secondary N) is 3. The molecule has 3 unspecified atom stereocenters. The summed E-state index contributed by atoms with van der Waals surface area (Å²) in [5.74, 6) is -2.33. The summed E-state index contributed by atoms with van der Waals surface area (Å²) in [7, 11) is 0. The fourth-order valence-corrected chi connectivity index (χ4v) is 2.38. The highest BCUT2D eigenvalue weighted by molar-refractivity contribution is 6.01. The Labute approximate surface area is 120 Å². The maximum atomic E-state index is 12.4. The van der Waals surface area contributed by atoms with Crippen molar-refractivity contribution in [2.24, 2.45) is 5.92 Å². The molecule has 2 fully saturated rings. The average molecular weight is 316 g/mol. The van der Waals surface area contributed by atoms with Crippen LogP contribution in [0.1, 0.15) is 19.3 Å². The highest BCUT2D eigenvalue weighted by Crippen LogP contribution is 2.28. The molecule has 2 heterocycles. The van der Waals surface area contributed by atoms with Crippen LogP contribution in [0.2, 0.25) is 0 Å².